The summed E-state index contributed by atoms with van der Waals surface area (Å²) in [5.74, 6) is -0.437. The number of benzene rings is 2. The number of anilines is 1. The Balaban J connectivity index is 1.53. The Kier molecular flexibility index (Phi) is 6.06. The van der Waals surface area contributed by atoms with Crippen molar-refractivity contribution in [2.45, 2.75) is 13.8 Å². The number of pyridine rings is 1. The van der Waals surface area contributed by atoms with Crippen molar-refractivity contribution in [3.05, 3.63) is 70.2 Å². The van der Waals surface area contributed by atoms with E-state index in [4.69, 9.17) is 11.6 Å². The first-order valence-corrected chi connectivity index (χ1v) is 10.8. The van der Waals surface area contributed by atoms with Crippen LogP contribution in [0.5, 0.6) is 0 Å². The normalized spacial score (nSPS) is 16.3. The van der Waals surface area contributed by atoms with E-state index in [1.54, 1.807) is 24.4 Å². The van der Waals surface area contributed by atoms with E-state index >= 15 is 0 Å². The third-order valence-electron chi connectivity index (χ3n) is 4.54. The van der Waals surface area contributed by atoms with Gasteiger partial charge in [-0.25, -0.2) is 4.99 Å². The molecule has 0 saturated carbocycles. The Bertz CT molecular complexity index is 1250. The molecule has 1 aliphatic heterocycles. The second-order valence-electron chi connectivity index (χ2n) is 7.25. The number of thioether (sulfide) groups is 1. The molecule has 8 heteroatoms. The summed E-state index contributed by atoms with van der Waals surface area (Å²) in [6.45, 7) is 3.63. The number of aromatic nitrogens is 1. The number of amides is 2. The predicted molar refractivity (Wildman–Crippen MR) is 127 cm³/mol. The third-order valence-corrected chi connectivity index (χ3v) is 5.75. The van der Waals surface area contributed by atoms with E-state index in [-0.39, 0.29) is 17.7 Å². The fraction of sp³-hybridized carbons (Fsp3) is 0.130. The van der Waals surface area contributed by atoms with E-state index < -0.39 is 0 Å². The van der Waals surface area contributed by atoms with Gasteiger partial charge in [-0.3, -0.25) is 14.6 Å². The van der Waals surface area contributed by atoms with Crippen molar-refractivity contribution in [2.24, 2.45) is 10.9 Å². The molecule has 2 N–H and O–H groups in total. The van der Waals surface area contributed by atoms with Crippen LogP contribution in [-0.4, -0.2) is 22.0 Å². The molecule has 0 atom stereocenters. The highest BCUT2D eigenvalue weighted by Gasteiger charge is 2.24. The lowest BCUT2D eigenvalue weighted by atomic mass is 10.1. The second kappa shape index (κ2) is 8.91. The Morgan fingerprint density at radius 2 is 2.06 bits per heavy atom. The SMILES string of the molecule is CC(C)C(=O)Nc1ccc(N=C2NC(=O)/C(=C/c3ccc4ncccc4c3)S2)c(Cl)c1. The summed E-state index contributed by atoms with van der Waals surface area (Å²) in [6, 6.07) is 14.8. The summed E-state index contributed by atoms with van der Waals surface area (Å²) in [5.41, 5.74) is 2.91. The van der Waals surface area contributed by atoms with E-state index in [1.807, 2.05) is 50.3 Å². The van der Waals surface area contributed by atoms with Crippen molar-refractivity contribution >= 4 is 68.7 Å². The molecule has 0 unspecified atom stereocenters. The smallest absolute Gasteiger partial charge is 0.264 e. The maximum absolute atomic E-state index is 12.4. The zero-order valence-electron chi connectivity index (χ0n) is 16.8. The zero-order chi connectivity index (χ0) is 22.0. The van der Waals surface area contributed by atoms with Gasteiger partial charge in [-0.05, 0) is 59.8 Å². The molecule has 2 heterocycles. The van der Waals surface area contributed by atoms with Gasteiger partial charge in [-0.2, -0.15) is 0 Å². The Morgan fingerprint density at radius 3 is 2.84 bits per heavy atom. The topological polar surface area (TPSA) is 83.5 Å². The lowest BCUT2D eigenvalue weighted by molar-refractivity contribution is -0.119. The fourth-order valence-corrected chi connectivity index (χ4v) is 3.94. The molecule has 2 amide bonds. The summed E-state index contributed by atoms with van der Waals surface area (Å²) in [5, 5.41) is 7.39. The van der Waals surface area contributed by atoms with Crippen molar-refractivity contribution in [2.75, 3.05) is 5.32 Å². The molecule has 4 rings (SSSR count). The average molecular weight is 451 g/mol. The number of hydrogen-bond acceptors (Lipinski definition) is 5. The molecular weight excluding hydrogens is 432 g/mol. The van der Waals surface area contributed by atoms with Crippen LogP contribution in [0.3, 0.4) is 0 Å². The van der Waals surface area contributed by atoms with Gasteiger partial charge in [0.15, 0.2) is 5.17 Å². The molecule has 0 aliphatic carbocycles. The number of carbonyl (C=O) groups excluding carboxylic acids is 2. The van der Waals surface area contributed by atoms with Gasteiger partial charge >= 0.3 is 0 Å². The maximum Gasteiger partial charge on any atom is 0.264 e. The van der Waals surface area contributed by atoms with E-state index in [9.17, 15) is 9.59 Å². The van der Waals surface area contributed by atoms with Gasteiger partial charge in [0.05, 0.1) is 21.1 Å². The molecule has 1 aliphatic rings. The van der Waals surface area contributed by atoms with Crippen LogP contribution < -0.4 is 10.6 Å². The fourth-order valence-electron chi connectivity index (χ4n) is 2.89. The van der Waals surface area contributed by atoms with Crippen LogP contribution in [0.2, 0.25) is 5.02 Å². The van der Waals surface area contributed by atoms with E-state index in [0.717, 1.165) is 16.5 Å². The molecule has 0 bridgehead atoms. The van der Waals surface area contributed by atoms with Crippen LogP contribution in [0.15, 0.2) is 64.6 Å². The quantitative estimate of drug-likeness (QED) is 0.523. The molecule has 31 heavy (non-hydrogen) atoms. The Morgan fingerprint density at radius 1 is 1.23 bits per heavy atom. The van der Waals surface area contributed by atoms with Gasteiger partial charge in [-0.15, -0.1) is 0 Å². The number of halogens is 1. The molecule has 0 radical (unpaired) electrons. The minimum Gasteiger partial charge on any atom is -0.326 e. The molecule has 6 nitrogen and oxygen atoms in total. The van der Waals surface area contributed by atoms with Crippen LogP contribution in [0.25, 0.3) is 17.0 Å². The van der Waals surface area contributed by atoms with Crippen molar-refractivity contribution in [1.29, 1.82) is 0 Å². The minimum absolute atomic E-state index is 0.0898. The molecule has 1 saturated heterocycles. The highest BCUT2D eigenvalue weighted by Crippen LogP contribution is 2.32. The maximum atomic E-state index is 12.4. The van der Waals surface area contributed by atoms with Gasteiger partial charge in [-0.1, -0.05) is 37.6 Å². The van der Waals surface area contributed by atoms with E-state index in [0.29, 0.717) is 26.5 Å². The first-order valence-electron chi connectivity index (χ1n) is 9.64. The molecule has 0 spiro atoms. The summed E-state index contributed by atoms with van der Waals surface area (Å²) in [7, 11) is 0. The number of hydrogen-bond donors (Lipinski definition) is 2. The summed E-state index contributed by atoms with van der Waals surface area (Å²) in [4.78, 5) is 33.5. The molecule has 1 fully saturated rings. The highest BCUT2D eigenvalue weighted by molar-refractivity contribution is 8.18. The van der Waals surface area contributed by atoms with Crippen LogP contribution >= 0.6 is 23.4 Å². The van der Waals surface area contributed by atoms with Crippen LogP contribution in [0, 0.1) is 5.92 Å². The van der Waals surface area contributed by atoms with Crippen LogP contribution in [0.4, 0.5) is 11.4 Å². The van der Waals surface area contributed by atoms with Gasteiger partial charge in [0.1, 0.15) is 0 Å². The number of nitrogens with zero attached hydrogens (tertiary/aromatic N) is 2. The third kappa shape index (κ3) is 4.95. The first-order chi connectivity index (χ1) is 14.9. The van der Waals surface area contributed by atoms with Crippen molar-refractivity contribution in [3.63, 3.8) is 0 Å². The number of rotatable bonds is 4. The first kappa shape index (κ1) is 21.1. The Hall–Kier alpha value is -3.16. The van der Waals surface area contributed by atoms with E-state index in [1.165, 1.54) is 11.8 Å². The molecular formula is C23H19ClN4O2S. The lowest BCUT2D eigenvalue weighted by Crippen LogP contribution is -2.19. The largest absolute Gasteiger partial charge is 0.326 e. The highest BCUT2D eigenvalue weighted by atomic mass is 35.5. The standard InChI is InChI=1S/C23H19ClN4O2S/c1-13(2)21(29)26-16-6-8-19(17(24)12-16)27-23-28-22(30)20(31-23)11-14-5-7-18-15(10-14)4-3-9-25-18/h3-13H,1-2H3,(H,26,29)(H,27,28,30)/b20-11-. The van der Waals surface area contributed by atoms with E-state index in [2.05, 4.69) is 20.6 Å². The number of aliphatic imine (C=N–C) groups is 1. The van der Waals surface area contributed by atoms with Crippen LogP contribution in [-0.2, 0) is 9.59 Å². The van der Waals surface area contributed by atoms with Crippen molar-refractivity contribution in [1.82, 2.24) is 10.3 Å². The predicted octanol–water partition coefficient (Wildman–Crippen LogP) is 5.37. The summed E-state index contributed by atoms with van der Waals surface area (Å²) in [6.07, 6.45) is 3.57. The molecule has 3 aromatic rings. The number of fused-ring (bicyclic) bond motifs is 1. The second-order valence-corrected chi connectivity index (χ2v) is 8.69. The molecule has 156 valence electrons. The van der Waals surface area contributed by atoms with Crippen molar-refractivity contribution < 1.29 is 9.59 Å². The monoisotopic (exact) mass is 450 g/mol. The van der Waals surface area contributed by atoms with Gasteiger partial charge in [0, 0.05) is 23.2 Å². The lowest BCUT2D eigenvalue weighted by Gasteiger charge is -2.09. The average Bonchev–Trinajstić information content (AvgIpc) is 3.08. The zero-order valence-corrected chi connectivity index (χ0v) is 18.4. The summed E-state index contributed by atoms with van der Waals surface area (Å²) < 4.78 is 0. The number of amidine groups is 1. The van der Waals surface area contributed by atoms with Crippen molar-refractivity contribution in [3.8, 4) is 0 Å². The minimum atomic E-state index is -0.216. The van der Waals surface area contributed by atoms with Crippen LogP contribution in [0.1, 0.15) is 19.4 Å². The van der Waals surface area contributed by atoms with Gasteiger partial charge in [0.25, 0.3) is 5.91 Å². The number of carbonyl (C=O) groups is 2. The molecule has 1 aromatic heterocycles. The van der Waals surface area contributed by atoms with Gasteiger partial charge < -0.3 is 10.6 Å². The summed E-state index contributed by atoms with van der Waals surface area (Å²) >= 11 is 7.58. The Labute approximate surface area is 188 Å². The molecule has 2 aromatic carbocycles. The number of nitrogens with one attached hydrogen (secondary N) is 2. The van der Waals surface area contributed by atoms with Gasteiger partial charge in [0.2, 0.25) is 5.91 Å².